The summed E-state index contributed by atoms with van der Waals surface area (Å²) in [6.45, 7) is 0. The number of hydrogen-bond donors (Lipinski definition) is 0. The van der Waals surface area contributed by atoms with Gasteiger partial charge < -0.3 is 4.74 Å². The van der Waals surface area contributed by atoms with Crippen molar-refractivity contribution < 1.29 is 13.9 Å². The highest BCUT2D eigenvalue weighted by Crippen LogP contribution is 2.22. The van der Waals surface area contributed by atoms with Crippen LogP contribution in [0.5, 0.6) is 5.75 Å². The SMILES string of the molecule is COc1ccc(C(F)C(=O)Cl)cc1. The summed E-state index contributed by atoms with van der Waals surface area (Å²) < 4.78 is 17.8. The van der Waals surface area contributed by atoms with Crippen LogP contribution in [0.15, 0.2) is 24.3 Å². The number of rotatable bonds is 3. The van der Waals surface area contributed by atoms with Crippen LogP contribution in [0.25, 0.3) is 0 Å². The van der Waals surface area contributed by atoms with E-state index in [1.807, 2.05) is 0 Å². The van der Waals surface area contributed by atoms with Crippen LogP contribution in [0.2, 0.25) is 0 Å². The van der Waals surface area contributed by atoms with Crippen LogP contribution < -0.4 is 4.74 Å². The van der Waals surface area contributed by atoms with Gasteiger partial charge >= 0.3 is 0 Å². The molecule has 13 heavy (non-hydrogen) atoms. The summed E-state index contributed by atoms with van der Waals surface area (Å²) in [7, 11) is 1.51. The zero-order valence-electron chi connectivity index (χ0n) is 6.96. The number of halogens is 2. The monoisotopic (exact) mass is 202 g/mol. The highest BCUT2D eigenvalue weighted by molar-refractivity contribution is 6.64. The molecule has 70 valence electrons. The third kappa shape index (κ3) is 2.42. The molecule has 0 saturated carbocycles. The van der Waals surface area contributed by atoms with E-state index in [2.05, 4.69) is 0 Å². The number of hydrogen-bond acceptors (Lipinski definition) is 2. The van der Waals surface area contributed by atoms with Gasteiger partial charge in [-0.1, -0.05) is 12.1 Å². The van der Waals surface area contributed by atoms with Crippen LogP contribution >= 0.6 is 11.6 Å². The molecule has 1 aromatic carbocycles. The van der Waals surface area contributed by atoms with Crippen molar-refractivity contribution in [3.8, 4) is 5.75 Å². The Hall–Kier alpha value is -1.09. The second kappa shape index (κ2) is 4.23. The molecule has 1 aromatic rings. The molecule has 0 bridgehead atoms. The first-order chi connectivity index (χ1) is 6.15. The van der Waals surface area contributed by atoms with E-state index in [1.54, 1.807) is 12.1 Å². The van der Waals surface area contributed by atoms with Crippen molar-refractivity contribution in [3.05, 3.63) is 29.8 Å². The average molecular weight is 203 g/mol. The first-order valence-electron chi connectivity index (χ1n) is 3.62. The van der Waals surface area contributed by atoms with Gasteiger partial charge in [0.1, 0.15) is 5.75 Å². The Balaban J connectivity index is 2.85. The molecular weight excluding hydrogens is 195 g/mol. The third-order valence-electron chi connectivity index (χ3n) is 1.61. The fourth-order valence-electron chi connectivity index (χ4n) is 0.904. The highest BCUT2D eigenvalue weighted by Gasteiger charge is 2.16. The Morgan fingerprint density at radius 2 is 2.00 bits per heavy atom. The number of carbonyl (C=O) groups is 1. The maximum atomic E-state index is 13.0. The Bertz CT molecular complexity index is 297. The van der Waals surface area contributed by atoms with Crippen LogP contribution in [0.1, 0.15) is 11.7 Å². The topological polar surface area (TPSA) is 26.3 Å². The summed E-state index contributed by atoms with van der Waals surface area (Å²) in [4.78, 5) is 10.5. The predicted molar refractivity (Wildman–Crippen MR) is 47.7 cm³/mol. The molecule has 1 unspecified atom stereocenters. The molecule has 0 radical (unpaired) electrons. The minimum absolute atomic E-state index is 0.237. The van der Waals surface area contributed by atoms with Crippen LogP contribution in [-0.4, -0.2) is 12.4 Å². The van der Waals surface area contributed by atoms with E-state index in [0.29, 0.717) is 5.75 Å². The zero-order chi connectivity index (χ0) is 9.84. The fourth-order valence-corrected chi connectivity index (χ4v) is 1.03. The standard InChI is InChI=1S/C9H8ClFO2/c1-13-7-4-2-6(3-5-7)8(11)9(10)12/h2-5,8H,1H3. The van der Waals surface area contributed by atoms with E-state index in [0.717, 1.165) is 0 Å². The van der Waals surface area contributed by atoms with Gasteiger partial charge in [0.2, 0.25) is 0 Å². The smallest absolute Gasteiger partial charge is 0.260 e. The molecular formula is C9H8ClFO2. The first-order valence-corrected chi connectivity index (χ1v) is 4.00. The quantitative estimate of drug-likeness (QED) is 0.704. The lowest BCUT2D eigenvalue weighted by Crippen LogP contribution is -1.99. The fraction of sp³-hybridized carbons (Fsp3) is 0.222. The zero-order valence-corrected chi connectivity index (χ0v) is 7.72. The Labute approximate surface area is 80.3 Å². The second-order valence-electron chi connectivity index (χ2n) is 2.44. The van der Waals surface area contributed by atoms with E-state index in [-0.39, 0.29) is 5.56 Å². The normalized spacial score (nSPS) is 12.2. The maximum Gasteiger partial charge on any atom is 0.260 e. The van der Waals surface area contributed by atoms with Gasteiger partial charge in [0, 0.05) is 0 Å². The third-order valence-corrected chi connectivity index (χ3v) is 1.80. The number of ether oxygens (including phenoxy) is 1. The minimum atomic E-state index is -1.76. The van der Waals surface area contributed by atoms with Gasteiger partial charge in [-0.15, -0.1) is 0 Å². The molecule has 2 nitrogen and oxygen atoms in total. The van der Waals surface area contributed by atoms with Gasteiger partial charge in [-0.05, 0) is 29.3 Å². The molecule has 0 spiro atoms. The lowest BCUT2D eigenvalue weighted by molar-refractivity contribution is -0.116. The summed E-state index contributed by atoms with van der Waals surface area (Å²) in [5, 5.41) is -1.01. The van der Waals surface area contributed by atoms with Crippen molar-refractivity contribution in [1.82, 2.24) is 0 Å². The van der Waals surface area contributed by atoms with E-state index in [1.165, 1.54) is 19.2 Å². The van der Waals surface area contributed by atoms with Gasteiger partial charge in [-0.25, -0.2) is 4.39 Å². The summed E-state index contributed by atoms with van der Waals surface area (Å²) in [6, 6.07) is 6.07. The predicted octanol–water partition coefficient (Wildman–Crippen LogP) is 2.47. The lowest BCUT2D eigenvalue weighted by atomic mass is 10.1. The van der Waals surface area contributed by atoms with Crippen LogP contribution in [0.4, 0.5) is 4.39 Å². The molecule has 0 aromatic heterocycles. The van der Waals surface area contributed by atoms with E-state index >= 15 is 0 Å². The summed E-state index contributed by atoms with van der Waals surface area (Å²) in [5.74, 6) is 0.609. The molecule has 0 N–H and O–H groups in total. The van der Waals surface area contributed by atoms with Gasteiger partial charge in [-0.3, -0.25) is 4.79 Å². The van der Waals surface area contributed by atoms with E-state index in [4.69, 9.17) is 16.3 Å². The Morgan fingerprint density at radius 1 is 1.46 bits per heavy atom. The van der Waals surface area contributed by atoms with Gasteiger partial charge in [0.05, 0.1) is 7.11 Å². The highest BCUT2D eigenvalue weighted by atomic mass is 35.5. The Morgan fingerprint density at radius 3 is 2.38 bits per heavy atom. The van der Waals surface area contributed by atoms with Crippen molar-refractivity contribution in [2.24, 2.45) is 0 Å². The number of benzene rings is 1. The van der Waals surface area contributed by atoms with Gasteiger partial charge in [0.15, 0.2) is 6.17 Å². The maximum absolute atomic E-state index is 13.0. The molecule has 1 atom stereocenters. The molecule has 0 fully saturated rings. The van der Waals surface area contributed by atoms with Gasteiger partial charge in [0.25, 0.3) is 5.24 Å². The molecule has 0 saturated heterocycles. The largest absolute Gasteiger partial charge is 0.497 e. The molecule has 0 amide bonds. The van der Waals surface area contributed by atoms with E-state index < -0.39 is 11.4 Å². The number of methoxy groups -OCH3 is 1. The van der Waals surface area contributed by atoms with Crippen molar-refractivity contribution in [3.63, 3.8) is 0 Å². The van der Waals surface area contributed by atoms with Gasteiger partial charge in [-0.2, -0.15) is 0 Å². The van der Waals surface area contributed by atoms with Crippen molar-refractivity contribution >= 4 is 16.8 Å². The molecule has 0 heterocycles. The molecule has 0 aliphatic heterocycles. The molecule has 1 rings (SSSR count). The molecule has 0 aliphatic rings. The van der Waals surface area contributed by atoms with Crippen LogP contribution in [-0.2, 0) is 4.79 Å². The number of carbonyl (C=O) groups excluding carboxylic acids is 1. The summed E-state index contributed by atoms with van der Waals surface area (Å²) >= 11 is 4.99. The Kier molecular flexibility index (Phi) is 3.25. The van der Waals surface area contributed by atoms with Crippen molar-refractivity contribution in [2.75, 3.05) is 7.11 Å². The van der Waals surface area contributed by atoms with Crippen LogP contribution in [0, 0.1) is 0 Å². The number of alkyl halides is 1. The van der Waals surface area contributed by atoms with E-state index in [9.17, 15) is 9.18 Å². The summed E-state index contributed by atoms with van der Waals surface area (Å²) in [6.07, 6.45) is -1.76. The molecule has 4 heteroatoms. The first kappa shape index (κ1) is 9.99. The second-order valence-corrected chi connectivity index (χ2v) is 2.81. The van der Waals surface area contributed by atoms with Crippen LogP contribution in [0.3, 0.4) is 0 Å². The average Bonchev–Trinajstić information content (AvgIpc) is 2.17. The molecule has 0 aliphatic carbocycles. The van der Waals surface area contributed by atoms with Crippen molar-refractivity contribution in [1.29, 1.82) is 0 Å². The summed E-state index contributed by atoms with van der Waals surface area (Å²) in [5.41, 5.74) is 0.237. The lowest BCUT2D eigenvalue weighted by Gasteiger charge is -2.04. The minimum Gasteiger partial charge on any atom is -0.497 e. The van der Waals surface area contributed by atoms with Crippen molar-refractivity contribution in [2.45, 2.75) is 6.17 Å².